The normalized spacial score (nSPS) is 19.6. The Bertz CT molecular complexity index is 960. The van der Waals surface area contributed by atoms with Gasteiger partial charge in [0.05, 0.1) is 11.7 Å². The number of carbonyl (C=O) groups is 1. The summed E-state index contributed by atoms with van der Waals surface area (Å²) < 4.78 is 13.1. The second-order valence-electron chi connectivity index (χ2n) is 6.52. The number of pyridine rings is 1. The van der Waals surface area contributed by atoms with Gasteiger partial charge >= 0.3 is 0 Å². The highest BCUT2D eigenvalue weighted by atomic mass is 19.1. The topological polar surface area (TPSA) is 93.8 Å². The molecule has 0 bridgehead atoms. The largest absolute Gasteiger partial charge is 0.348 e. The zero-order valence-electron chi connectivity index (χ0n) is 14.0. The average Bonchev–Trinajstić information content (AvgIpc) is 3.06. The van der Waals surface area contributed by atoms with Crippen LogP contribution in [0.25, 0.3) is 22.4 Å². The molecule has 0 spiro atoms. The minimum Gasteiger partial charge on any atom is -0.348 e. The zero-order valence-corrected chi connectivity index (χ0v) is 14.0. The number of nitrogens with one attached hydrogen (secondary N) is 1. The molecule has 0 aliphatic heterocycles. The van der Waals surface area contributed by atoms with Crippen LogP contribution in [-0.2, 0) is 0 Å². The third-order valence-electron chi connectivity index (χ3n) is 4.58. The summed E-state index contributed by atoms with van der Waals surface area (Å²) in [4.78, 5) is 25.7. The van der Waals surface area contributed by atoms with Gasteiger partial charge in [-0.05, 0) is 37.5 Å². The van der Waals surface area contributed by atoms with Crippen molar-refractivity contribution in [1.29, 1.82) is 0 Å². The lowest BCUT2D eigenvalue weighted by atomic mass is 10.1. The summed E-state index contributed by atoms with van der Waals surface area (Å²) in [5.74, 6) is -0.409. The van der Waals surface area contributed by atoms with Gasteiger partial charge in [0.1, 0.15) is 17.2 Å². The summed E-state index contributed by atoms with van der Waals surface area (Å²) in [5.41, 5.74) is 7.26. The van der Waals surface area contributed by atoms with Crippen LogP contribution in [0.15, 0.2) is 42.6 Å². The van der Waals surface area contributed by atoms with Crippen LogP contribution in [0, 0.1) is 5.82 Å². The summed E-state index contributed by atoms with van der Waals surface area (Å²) >= 11 is 0. The predicted molar refractivity (Wildman–Crippen MR) is 95.8 cm³/mol. The van der Waals surface area contributed by atoms with E-state index >= 15 is 0 Å². The van der Waals surface area contributed by atoms with Crippen molar-refractivity contribution in [3.8, 4) is 11.5 Å². The van der Waals surface area contributed by atoms with Gasteiger partial charge in [-0.15, -0.1) is 0 Å². The highest BCUT2D eigenvalue weighted by molar-refractivity contribution is 6.04. The van der Waals surface area contributed by atoms with Crippen LogP contribution in [0.1, 0.15) is 29.8 Å². The summed E-state index contributed by atoms with van der Waals surface area (Å²) in [6, 6.07) is 10.3. The Morgan fingerprint density at radius 3 is 2.73 bits per heavy atom. The number of nitrogens with two attached hydrogens (primary N) is 1. The summed E-state index contributed by atoms with van der Waals surface area (Å²) in [6.45, 7) is 0. The summed E-state index contributed by atoms with van der Waals surface area (Å²) in [7, 11) is 0. The van der Waals surface area contributed by atoms with Crippen molar-refractivity contribution in [3.63, 3.8) is 0 Å². The Balaban J connectivity index is 1.74. The van der Waals surface area contributed by atoms with Crippen LogP contribution in [0.4, 0.5) is 4.39 Å². The van der Waals surface area contributed by atoms with Crippen LogP contribution in [0.5, 0.6) is 0 Å². The first-order chi connectivity index (χ1) is 12.6. The van der Waals surface area contributed by atoms with Gasteiger partial charge in [0.15, 0.2) is 5.82 Å². The van der Waals surface area contributed by atoms with Gasteiger partial charge in [-0.1, -0.05) is 18.2 Å². The molecule has 2 atom stereocenters. The fraction of sp³-hybridized carbons (Fsp3) is 0.263. The highest BCUT2D eigenvalue weighted by Gasteiger charge is 2.25. The Morgan fingerprint density at radius 2 is 2.00 bits per heavy atom. The molecular formula is C19H18FN5O. The number of hydrogen-bond donors (Lipinski definition) is 2. The van der Waals surface area contributed by atoms with Gasteiger partial charge in [0, 0.05) is 17.5 Å². The Hall–Kier alpha value is -2.93. The van der Waals surface area contributed by atoms with Crippen molar-refractivity contribution in [2.24, 2.45) is 5.73 Å². The van der Waals surface area contributed by atoms with Crippen LogP contribution in [0.3, 0.4) is 0 Å². The number of hydrogen-bond acceptors (Lipinski definition) is 5. The van der Waals surface area contributed by atoms with Crippen LogP contribution >= 0.6 is 0 Å². The minimum absolute atomic E-state index is 0.0543. The maximum Gasteiger partial charge on any atom is 0.270 e. The molecule has 1 amide bonds. The lowest BCUT2D eigenvalue weighted by molar-refractivity contribution is 0.0934. The number of rotatable bonds is 3. The molecule has 0 saturated heterocycles. The van der Waals surface area contributed by atoms with Crippen molar-refractivity contribution in [2.45, 2.75) is 31.3 Å². The van der Waals surface area contributed by atoms with Gasteiger partial charge in [-0.25, -0.2) is 19.3 Å². The van der Waals surface area contributed by atoms with Crippen molar-refractivity contribution < 1.29 is 9.18 Å². The van der Waals surface area contributed by atoms with Gasteiger partial charge in [-0.2, -0.15) is 0 Å². The van der Waals surface area contributed by atoms with E-state index in [1.165, 1.54) is 12.1 Å². The van der Waals surface area contributed by atoms with Gasteiger partial charge < -0.3 is 11.1 Å². The zero-order chi connectivity index (χ0) is 18.1. The van der Waals surface area contributed by atoms with Crippen LogP contribution in [0.2, 0.25) is 0 Å². The maximum atomic E-state index is 13.1. The number of fused-ring (bicyclic) bond motifs is 1. The fourth-order valence-corrected chi connectivity index (χ4v) is 3.27. The molecule has 132 valence electrons. The van der Waals surface area contributed by atoms with E-state index in [0.717, 1.165) is 25.5 Å². The lowest BCUT2D eigenvalue weighted by Gasteiger charge is -2.14. The van der Waals surface area contributed by atoms with E-state index in [-0.39, 0.29) is 29.5 Å². The first kappa shape index (κ1) is 16.5. The number of benzene rings is 1. The first-order valence-electron chi connectivity index (χ1n) is 8.55. The molecule has 0 radical (unpaired) electrons. The number of carbonyl (C=O) groups excluding carboxylic acids is 1. The molecular weight excluding hydrogens is 333 g/mol. The van der Waals surface area contributed by atoms with E-state index in [9.17, 15) is 9.18 Å². The molecule has 1 fully saturated rings. The molecule has 1 aromatic carbocycles. The van der Waals surface area contributed by atoms with Crippen molar-refractivity contribution in [2.75, 3.05) is 0 Å². The quantitative estimate of drug-likeness (QED) is 0.756. The van der Waals surface area contributed by atoms with Crippen molar-refractivity contribution >= 4 is 16.8 Å². The van der Waals surface area contributed by atoms with E-state index in [1.54, 1.807) is 0 Å². The molecule has 2 aromatic heterocycles. The van der Waals surface area contributed by atoms with Gasteiger partial charge in [0.2, 0.25) is 0 Å². The third kappa shape index (κ3) is 3.25. The Kier molecular flexibility index (Phi) is 4.30. The highest BCUT2D eigenvalue weighted by Crippen LogP contribution is 2.22. The van der Waals surface area contributed by atoms with E-state index < -0.39 is 5.82 Å². The monoisotopic (exact) mass is 351 g/mol. The SMILES string of the molecule is N[C@H]1CC[C@@H](NC(=O)c2nc(-c3ccc(F)cn3)nc3ccccc23)C1. The van der Waals surface area contributed by atoms with E-state index in [2.05, 4.69) is 20.3 Å². The van der Waals surface area contributed by atoms with Crippen molar-refractivity contribution in [3.05, 3.63) is 54.1 Å². The summed E-state index contributed by atoms with van der Waals surface area (Å²) in [5, 5.41) is 3.68. The minimum atomic E-state index is -0.440. The summed E-state index contributed by atoms with van der Waals surface area (Å²) in [6.07, 6.45) is 3.64. The molecule has 2 heterocycles. The maximum absolute atomic E-state index is 13.1. The van der Waals surface area contributed by atoms with Crippen molar-refractivity contribution in [1.82, 2.24) is 20.3 Å². The fourth-order valence-electron chi connectivity index (χ4n) is 3.27. The Labute approximate surface area is 149 Å². The number of para-hydroxylation sites is 1. The average molecular weight is 351 g/mol. The molecule has 26 heavy (non-hydrogen) atoms. The Morgan fingerprint density at radius 1 is 1.15 bits per heavy atom. The van der Waals surface area contributed by atoms with Crippen LogP contribution < -0.4 is 11.1 Å². The third-order valence-corrected chi connectivity index (χ3v) is 4.58. The first-order valence-corrected chi connectivity index (χ1v) is 8.55. The van der Waals surface area contributed by atoms with E-state index in [0.29, 0.717) is 16.6 Å². The lowest BCUT2D eigenvalue weighted by Crippen LogP contribution is -2.34. The molecule has 3 aromatic rings. The van der Waals surface area contributed by atoms with Gasteiger partial charge in [0.25, 0.3) is 5.91 Å². The van der Waals surface area contributed by atoms with E-state index in [4.69, 9.17) is 5.73 Å². The second-order valence-corrected chi connectivity index (χ2v) is 6.52. The molecule has 1 aliphatic rings. The predicted octanol–water partition coefficient (Wildman–Crippen LogP) is 2.44. The number of aromatic nitrogens is 3. The number of nitrogens with zero attached hydrogens (tertiary/aromatic N) is 3. The molecule has 4 rings (SSSR count). The molecule has 6 nitrogen and oxygen atoms in total. The van der Waals surface area contributed by atoms with Crippen LogP contribution in [-0.4, -0.2) is 32.9 Å². The standard InChI is InChI=1S/C19H18FN5O/c20-11-5-8-16(22-10-11)18-24-15-4-2-1-3-14(15)17(25-18)19(26)23-13-7-6-12(21)9-13/h1-5,8,10,12-13H,6-7,9,21H2,(H,23,26)/t12-,13+/m0/s1. The van der Waals surface area contributed by atoms with Gasteiger partial charge in [-0.3, -0.25) is 4.79 Å². The molecule has 7 heteroatoms. The number of halogens is 1. The molecule has 1 saturated carbocycles. The molecule has 3 N–H and O–H groups in total. The smallest absolute Gasteiger partial charge is 0.270 e. The van der Waals surface area contributed by atoms with E-state index in [1.807, 2.05) is 24.3 Å². The number of amides is 1. The molecule has 1 aliphatic carbocycles. The molecule has 0 unspecified atom stereocenters. The second kappa shape index (κ2) is 6.76.